The maximum absolute atomic E-state index is 12.7. The molecule has 0 radical (unpaired) electrons. The van der Waals surface area contributed by atoms with Crippen LogP contribution < -0.4 is 0 Å². The molecule has 1 aliphatic heterocycles. The van der Waals surface area contributed by atoms with Gasteiger partial charge < -0.3 is 9.47 Å². The van der Waals surface area contributed by atoms with Gasteiger partial charge in [0.05, 0.1) is 0 Å². The summed E-state index contributed by atoms with van der Waals surface area (Å²) in [6, 6.07) is 10.4. The number of hydrogen-bond donors (Lipinski definition) is 0. The summed E-state index contributed by atoms with van der Waals surface area (Å²) in [5, 5.41) is 1.21. The summed E-state index contributed by atoms with van der Waals surface area (Å²) in [6.45, 7) is 8.83. The maximum atomic E-state index is 12.7. The van der Waals surface area contributed by atoms with E-state index in [1.807, 2.05) is 17.0 Å². The van der Waals surface area contributed by atoms with Gasteiger partial charge >= 0.3 is 0 Å². The molecule has 0 aliphatic carbocycles. The molecule has 1 saturated heterocycles. The molecule has 1 aromatic heterocycles. The van der Waals surface area contributed by atoms with E-state index in [1.165, 1.54) is 11.8 Å². The molecule has 0 N–H and O–H groups in total. The number of carbonyl (C=O) groups is 1. The second kappa shape index (κ2) is 5.55. The number of aryl methyl sites for hydroxylation is 1. The van der Waals surface area contributed by atoms with Crippen LogP contribution >= 0.6 is 0 Å². The highest BCUT2D eigenvalue weighted by atomic mass is 16.2. The van der Waals surface area contributed by atoms with Gasteiger partial charge in [-0.2, -0.15) is 0 Å². The van der Waals surface area contributed by atoms with Gasteiger partial charge in [-0.15, -0.1) is 0 Å². The monoisotopic (exact) mass is 284 g/mol. The van der Waals surface area contributed by atoms with Crippen LogP contribution in [-0.4, -0.2) is 28.5 Å². The highest BCUT2D eigenvalue weighted by Crippen LogP contribution is 2.23. The number of piperidine rings is 1. The molecule has 3 nitrogen and oxygen atoms in total. The molecule has 0 unspecified atom stereocenters. The molecule has 1 aromatic carbocycles. The van der Waals surface area contributed by atoms with Crippen LogP contribution in [0, 0.1) is 18.8 Å². The largest absolute Gasteiger partial charge is 0.341 e. The summed E-state index contributed by atoms with van der Waals surface area (Å²) in [5.74, 6) is 1.47. The zero-order chi connectivity index (χ0) is 15.0. The quantitative estimate of drug-likeness (QED) is 0.829. The Kier molecular flexibility index (Phi) is 3.75. The number of fused-ring (bicyclic) bond motifs is 1. The lowest BCUT2D eigenvalue weighted by Crippen LogP contribution is -2.44. The number of hydrogen-bond acceptors (Lipinski definition) is 1. The van der Waals surface area contributed by atoms with Gasteiger partial charge in [-0.25, -0.2) is 0 Å². The Bertz CT molecular complexity index is 648. The molecule has 0 spiro atoms. The molecule has 1 amide bonds. The Labute approximate surface area is 126 Å². The van der Waals surface area contributed by atoms with Crippen LogP contribution in [0.1, 0.15) is 26.0 Å². The summed E-state index contributed by atoms with van der Waals surface area (Å²) in [5.41, 5.74) is 2.31. The molecule has 2 atom stereocenters. The summed E-state index contributed by atoms with van der Waals surface area (Å²) in [6.07, 6.45) is 1.23. The first-order valence-electron chi connectivity index (χ1n) is 7.87. The van der Waals surface area contributed by atoms with Gasteiger partial charge in [-0.1, -0.05) is 32.0 Å². The van der Waals surface area contributed by atoms with Crippen LogP contribution in [0.2, 0.25) is 0 Å². The van der Waals surface area contributed by atoms with Crippen LogP contribution in [0.15, 0.2) is 30.3 Å². The Morgan fingerprint density at radius 3 is 2.57 bits per heavy atom. The van der Waals surface area contributed by atoms with E-state index in [2.05, 4.69) is 43.5 Å². The predicted molar refractivity (Wildman–Crippen MR) is 86.2 cm³/mol. The molecule has 112 valence electrons. The van der Waals surface area contributed by atoms with Crippen molar-refractivity contribution in [3.63, 3.8) is 0 Å². The van der Waals surface area contributed by atoms with Gasteiger partial charge in [-0.3, -0.25) is 4.79 Å². The minimum Gasteiger partial charge on any atom is -0.341 e. The Hall–Kier alpha value is -1.77. The highest BCUT2D eigenvalue weighted by Gasteiger charge is 2.25. The van der Waals surface area contributed by atoms with Gasteiger partial charge in [0.1, 0.15) is 6.54 Å². The first-order chi connectivity index (χ1) is 10.0. The van der Waals surface area contributed by atoms with Crippen molar-refractivity contribution in [2.45, 2.75) is 33.7 Å². The third-order valence-electron chi connectivity index (χ3n) is 4.53. The maximum Gasteiger partial charge on any atom is 0.242 e. The fourth-order valence-corrected chi connectivity index (χ4v) is 3.66. The van der Waals surface area contributed by atoms with Crippen LogP contribution in [0.4, 0.5) is 0 Å². The number of rotatable bonds is 2. The minimum absolute atomic E-state index is 0.248. The lowest BCUT2D eigenvalue weighted by molar-refractivity contribution is -0.134. The average molecular weight is 284 g/mol. The molecule has 3 rings (SSSR count). The standard InChI is InChI=1S/C18H24N2O/c1-13-8-14(2)11-19(10-13)18(21)12-20-15(3)9-16-6-4-5-7-17(16)20/h4-7,9,13-14H,8,10-12H2,1-3H3/t13-,14+. The minimum atomic E-state index is 0.248. The normalized spacial score (nSPS) is 22.7. The smallest absolute Gasteiger partial charge is 0.242 e. The summed E-state index contributed by atoms with van der Waals surface area (Å²) in [4.78, 5) is 14.7. The number of amides is 1. The molecular formula is C18H24N2O. The van der Waals surface area contributed by atoms with Crippen LogP contribution in [0.3, 0.4) is 0 Å². The van der Waals surface area contributed by atoms with Crippen molar-refractivity contribution in [3.05, 3.63) is 36.0 Å². The zero-order valence-electron chi connectivity index (χ0n) is 13.2. The fourth-order valence-electron chi connectivity index (χ4n) is 3.66. The number of nitrogens with zero attached hydrogens (tertiary/aromatic N) is 2. The van der Waals surface area contributed by atoms with Crippen molar-refractivity contribution in [2.24, 2.45) is 11.8 Å². The van der Waals surface area contributed by atoms with E-state index in [1.54, 1.807) is 0 Å². The summed E-state index contributed by atoms with van der Waals surface area (Å²) < 4.78 is 2.14. The van der Waals surface area contributed by atoms with Crippen molar-refractivity contribution in [1.29, 1.82) is 0 Å². The van der Waals surface area contributed by atoms with E-state index in [-0.39, 0.29) is 5.91 Å². The first kappa shape index (κ1) is 14.2. The third-order valence-corrected chi connectivity index (χ3v) is 4.53. The molecule has 2 heterocycles. The number of benzene rings is 1. The Balaban J connectivity index is 1.81. The molecule has 2 aromatic rings. The fraction of sp³-hybridized carbons (Fsp3) is 0.500. The van der Waals surface area contributed by atoms with Crippen LogP contribution in [0.25, 0.3) is 10.9 Å². The number of para-hydroxylation sites is 1. The van der Waals surface area contributed by atoms with Crippen molar-refractivity contribution in [3.8, 4) is 0 Å². The highest BCUT2D eigenvalue weighted by molar-refractivity contribution is 5.84. The predicted octanol–water partition coefficient (Wildman–Crippen LogP) is 3.45. The topological polar surface area (TPSA) is 25.2 Å². The molecule has 3 heteroatoms. The van der Waals surface area contributed by atoms with Crippen molar-refractivity contribution in [2.75, 3.05) is 13.1 Å². The lowest BCUT2D eigenvalue weighted by atomic mass is 9.92. The lowest BCUT2D eigenvalue weighted by Gasteiger charge is -2.35. The van der Waals surface area contributed by atoms with Crippen LogP contribution in [-0.2, 0) is 11.3 Å². The SMILES string of the molecule is Cc1cc2ccccc2n1CC(=O)N1C[C@H](C)C[C@H](C)C1. The van der Waals surface area contributed by atoms with E-state index in [0.29, 0.717) is 18.4 Å². The second-order valence-electron chi connectivity index (χ2n) is 6.68. The van der Waals surface area contributed by atoms with E-state index < -0.39 is 0 Å². The number of aromatic nitrogens is 1. The third kappa shape index (κ3) is 2.82. The van der Waals surface area contributed by atoms with Gasteiger partial charge in [0, 0.05) is 24.3 Å². The molecule has 0 bridgehead atoms. The molecule has 1 fully saturated rings. The number of likely N-dealkylation sites (tertiary alicyclic amines) is 1. The van der Waals surface area contributed by atoms with Crippen molar-refractivity contribution in [1.82, 2.24) is 9.47 Å². The number of carbonyl (C=O) groups excluding carboxylic acids is 1. The average Bonchev–Trinajstić information content (AvgIpc) is 2.74. The summed E-state index contributed by atoms with van der Waals surface area (Å²) in [7, 11) is 0. The molecular weight excluding hydrogens is 260 g/mol. The molecule has 0 saturated carbocycles. The van der Waals surface area contributed by atoms with E-state index in [0.717, 1.165) is 24.3 Å². The molecule has 1 aliphatic rings. The van der Waals surface area contributed by atoms with E-state index in [9.17, 15) is 4.79 Å². The van der Waals surface area contributed by atoms with E-state index in [4.69, 9.17) is 0 Å². The zero-order valence-corrected chi connectivity index (χ0v) is 13.2. The van der Waals surface area contributed by atoms with Crippen LogP contribution in [0.5, 0.6) is 0 Å². The van der Waals surface area contributed by atoms with E-state index >= 15 is 0 Å². The van der Waals surface area contributed by atoms with Crippen molar-refractivity contribution >= 4 is 16.8 Å². The molecule has 21 heavy (non-hydrogen) atoms. The first-order valence-corrected chi connectivity index (χ1v) is 7.87. The van der Waals surface area contributed by atoms with Gasteiger partial charge in [-0.05, 0) is 42.7 Å². The van der Waals surface area contributed by atoms with Crippen molar-refractivity contribution < 1.29 is 4.79 Å². The Morgan fingerprint density at radius 2 is 1.86 bits per heavy atom. The second-order valence-corrected chi connectivity index (χ2v) is 6.68. The van der Waals surface area contributed by atoms with Gasteiger partial charge in [0.2, 0.25) is 5.91 Å². The summed E-state index contributed by atoms with van der Waals surface area (Å²) >= 11 is 0. The van der Waals surface area contributed by atoms with Gasteiger partial charge in [0.15, 0.2) is 0 Å². The Morgan fingerprint density at radius 1 is 1.19 bits per heavy atom. The van der Waals surface area contributed by atoms with Gasteiger partial charge in [0.25, 0.3) is 0 Å².